The van der Waals surface area contributed by atoms with E-state index in [2.05, 4.69) is 33.9 Å². The fraction of sp³-hybridized carbons (Fsp3) is 0.167. The van der Waals surface area contributed by atoms with Crippen LogP contribution in [0, 0.1) is 0 Å². The Morgan fingerprint density at radius 3 is 1.29 bits per heavy atom. The molecule has 31 heavy (non-hydrogen) atoms. The van der Waals surface area contributed by atoms with E-state index in [1.165, 1.54) is 0 Å². The van der Waals surface area contributed by atoms with Crippen LogP contribution >= 0.6 is 24.8 Å². The first-order valence-corrected chi connectivity index (χ1v) is 9.65. The summed E-state index contributed by atoms with van der Waals surface area (Å²) >= 11 is 0. The smallest absolute Gasteiger partial charge is 0.104 e. The molecule has 7 heteroatoms. The second-order valence-corrected chi connectivity index (χ2v) is 7.00. The van der Waals surface area contributed by atoms with Gasteiger partial charge in [0, 0.05) is 37.9 Å². The number of aromatic nitrogens is 4. The summed E-state index contributed by atoms with van der Waals surface area (Å²) in [5.41, 5.74) is 3.29. The molecular weight excluding hydrogens is 429 g/mol. The summed E-state index contributed by atoms with van der Waals surface area (Å²) in [6.07, 6.45) is 7.31. The molecule has 0 aliphatic carbocycles. The maximum atomic E-state index is 4.71. The molecule has 0 fully saturated rings. The molecule has 0 radical (unpaired) electrons. The summed E-state index contributed by atoms with van der Waals surface area (Å²) in [7, 11) is 0. The minimum atomic E-state index is -0.558. The van der Waals surface area contributed by atoms with Gasteiger partial charge >= 0.3 is 0 Å². The Bertz CT molecular complexity index is 938. The van der Waals surface area contributed by atoms with Crippen molar-refractivity contribution in [2.75, 3.05) is 0 Å². The summed E-state index contributed by atoms with van der Waals surface area (Å²) in [6, 6.07) is 24.0. The van der Waals surface area contributed by atoms with Gasteiger partial charge < -0.3 is 0 Å². The first-order chi connectivity index (χ1) is 14.3. The van der Waals surface area contributed by atoms with Gasteiger partial charge in [-0.05, 0) is 55.5 Å². The van der Waals surface area contributed by atoms with Gasteiger partial charge in [0.1, 0.15) is 5.54 Å². The molecule has 0 aliphatic heterocycles. The van der Waals surface area contributed by atoms with E-state index >= 15 is 0 Å². The van der Waals surface area contributed by atoms with Crippen molar-refractivity contribution in [3.63, 3.8) is 0 Å². The van der Waals surface area contributed by atoms with Gasteiger partial charge in [0.15, 0.2) is 0 Å². The summed E-state index contributed by atoms with van der Waals surface area (Å²) < 4.78 is 0. The Morgan fingerprint density at radius 2 is 0.968 bits per heavy atom. The number of nitrogens with zero attached hydrogens (tertiary/aromatic N) is 5. The van der Waals surface area contributed by atoms with Gasteiger partial charge in [-0.2, -0.15) is 0 Å². The topological polar surface area (TPSA) is 54.8 Å². The largest absolute Gasteiger partial charge is 0.276 e. The molecule has 4 rings (SSSR count). The van der Waals surface area contributed by atoms with Crippen LogP contribution in [0.5, 0.6) is 0 Å². The van der Waals surface area contributed by atoms with E-state index in [-0.39, 0.29) is 24.8 Å². The monoisotopic (exact) mass is 453 g/mol. The van der Waals surface area contributed by atoms with Crippen LogP contribution in [0.25, 0.3) is 0 Å². The average Bonchev–Trinajstić information content (AvgIpc) is 2.81. The first kappa shape index (κ1) is 24.4. The number of rotatable bonds is 7. The Kier molecular flexibility index (Phi) is 9.06. The highest BCUT2D eigenvalue weighted by molar-refractivity contribution is 5.85. The van der Waals surface area contributed by atoms with Gasteiger partial charge in [-0.3, -0.25) is 24.8 Å². The Balaban J connectivity index is 0.00000171. The van der Waals surface area contributed by atoms with Crippen molar-refractivity contribution in [3.05, 3.63) is 120 Å². The molecule has 0 aromatic carbocycles. The highest BCUT2D eigenvalue weighted by Gasteiger charge is 2.38. The van der Waals surface area contributed by atoms with E-state index in [0.717, 1.165) is 22.8 Å². The lowest BCUT2D eigenvalue weighted by Crippen LogP contribution is -2.45. The molecule has 0 saturated carbocycles. The van der Waals surface area contributed by atoms with E-state index in [0.29, 0.717) is 13.1 Å². The fourth-order valence-corrected chi connectivity index (χ4v) is 3.50. The maximum absolute atomic E-state index is 4.71. The van der Waals surface area contributed by atoms with Gasteiger partial charge in [-0.1, -0.05) is 24.3 Å². The highest BCUT2D eigenvalue weighted by atomic mass is 35.5. The van der Waals surface area contributed by atoms with Crippen LogP contribution in [0.4, 0.5) is 0 Å². The van der Waals surface area contributed by atoms with E-state index in [1.807, 2.05) is 85.5 Å². The number of pyridine rings is 4. The van der Waals surface area contributed by atoms with Gasteiger partial charge in [-0.15, -0.1) is 24.8 Å². The van der Waals surface area contributed by atoms with Gasteiger partial charge in [0.2, 0.25) is 0 Å². The Morgan fingerprint density at radius 1 is 0.581 bits per heavy atom. The molecule has 0 unspecified atom stereocenters. The molecule has 0 bridgehead atoms. The minimum absolute atomic E-state index is 0. The number of halogens is 2. The van der Waals surface area contributed by atoms with Crippen molar-refractivity contribution in [1.29, 1.82) is 0 Å². The van der Waals surface area contributed by atoms with E-state index in [4.69, 9.17) is 9.97 Å². The van der Waals surface area contributed by atoms with Gasteiger partial charge in [0.05, 0.1) is 22.8 Å². The lowest BCUT2D eigenvalue weighted by molar-refractivity contribution is 0.108. The van der Waals surface area contributed by atoms with E-state index in [1.54, 1.807) is 0 Å². The van der Waals surface area contributed by atoms with Crippen molar-refractivity contribution in [1.82, 2.24) is 24.8 Å². The van der Waals surface area contributed by atoms with Crippen LogP contribution in [0.15, 0.2) is 97.6 Å². The van der Waals surface area contributed by atoms with Gasteiger partial charge in [0.25, 0.3) is 0 Å². The molecule has 4 aromatic rings. The molecule has 0 N–H and O–H groups in total. The maximum Gasteiger partial charge on any atom is 0.104 e. The normalized spacial score (nSPS) is 10.8. The van der Waals surface area contributed by atoms with Crippen LogP contribution in [0.2, 0.25) is 0 Å². The summed E-state index contributed by atoms with van der Waals surface area (Å²) in [5, 5.41) is 0. The van der Waals surface area contributed by atoms with Crippen LogP contribution in [-0.4, -0.2) is 24.8 Å². The summed E-state index contributed by atoms with van der Waals surface area (Å²) in [6.45, 7) is 3.45. The first-order valence-electron chi connectivity index (χ1n) is 9.65. The Hall–Kier alpha value is -2.86. The third kappa shape index (κ3) is 5.64. The zero-order valence-corrected chi connectivity index (χ0v) is 18.8. The molecule has 160 valence electrons. The van der Waals surface area contributed by atoms with Crippen LogP contribution < -0.4 is 0 Å². The zero-order valence-electron chi connectivity index (χ0n) is 17.2. The predicted octanol–water partition coefficient (Wildman–Crippen LogP) is 5.08. The second kappa shape index (κ2) is 11.5. The van der Waals surface area contributed by atoms with Crippen LogP contribution in [0.1, 0.15) is 29.7 Å². The summed E-state index contributed by atoms with van der Waals surface area (Å²) in [5.74, 6) is 0. The van der Waals surface area contributed by atoms with Gasteiger partial charge in [-0.25, -0.2) is 0 Å². The fourth-order valence-electron chi connectivity index (χ4n) is 3.50. The van der Waals surface area contributed by atoms with E-state index in [9.17, 15) is 0 Å². The molecule has 0 saturated heterocycles. The molecule has 5 nitrogen and oxygen atoms in total. The highest BCUT2D eigenvalue weighted by Crippen LogP contribution is 2.35. The molecule has 4 aromatic heterocycles. The van der Waals surface area contributed by atoms with Crippen LogP contribution in [-0.2, 0) is 18.6 Å². The number of hydrogen-bond acceptors (Lipinski definition) is 5. The van der Waals surface area contributed by atoms with Crippen molar-refractivity contribution in [3.8, 4) is 0 Å². The SMILES string of the molecule is CC(c1ccccn1)(c1ccccn1)N(Cc1ccccn1)Cc1ccccn1.Cl.Cl. The minimum Gasteiger partial charge on any atom is -0.276 e. The lowest BCUT2D eigenvalue weighted by Gasteiger charge is -2.40. The Labute approximate surface area is 195 Å². The standard InChI is InChI=1S/C24H23N5.2ClH/c1-24(22-12-4-8-16-27-22,23-13-5-9-17-28-23)29(18-20-10-2-6-14-25-20)19-21-11-3-7-15-26-21;;/h2-17H,18-19H2,1H3;2*1H. The molecule has 0 aliphatic rings. The molecular formula is C24H25Cl2N5. The molecule has 0 amide bonds. The molecule has 4 heterocycles. The zero-order chi connectivity index (χ0) is 19.9. The third-order valence-corrected chi connectivity index (χ3v) is 5.12. The quantitative estimate of drug-likeness (QED) is 0.390. The van der Waals surface area contributed by atoms with Crippen LogP contribution in [0.3, 0.4) is 0 Å². The average molecular weight is 454 g/mol. The van der Waals surface area contributed by atoms with E-state index < -0.39 is 5.54 Å². The van der Waals surface area contributed by atoms with Crippen molar-refractivity contribution < 1.29 is 0 Å². The molecule has 0 spiro atoms. The summed E-state index contributed by atoms with van der Waals surface area (Å²) in [4.78, 5) is 20.9. The third-order valence-electron chi connectivity index (χ3n) is 5.12. The lowest BCUT2D eigenvalue weighted by atomic mass is 9.89. The predicted molar refractivity (Wildman–Crippen MR) is 127 cm³/mol. The second-order valence-electron chi connectivity index (χ2n) is 7.00. The molecule has 0 atom stereocenters. The number of hydrogen-bond donors (Lipinski definition) is 0. The van der Waals surface area contributed by atoms with Crippen molar-refractivity contribution in [2.24, 2.45) is 0 Å². The van der Waals surface area contributed by atoms with Crippen molar-refractivity contribution >= 4 is 24.8 Å². The van der Waals surface area contributed by atoms with Crippen molar-refractivity contribution in [2.45, 2.75) is 25.6 Å².